The molecule has 3 rings (SSSR count). The van der Waals surface area contributed by atoms with Gasteiger partial charge in [0.15, 0.2) is 0 Å². The number of hydrogen-bond donors (Lipinski definition) is 0. The Morgan fingerprint density at radius 2 is 0.344 bits per heavy atom. The van der Waals surface area contributed by atoms with Crippen molar-refractivity contribution in [2.24, 2.45) is 0 Å². The summed E-state index contributed by atoms with van der Waals surface area (Å²) in [5.74, 6) is 0. The quantitative estimate of drug-likeness (QED) is 0.0273. The molecule has 2 aromatic rings. The number of benzene rings is 2. The second kappa shape index (κ2) is 103. The summed E-state index contributed by atoms with van der Waals surface area (Å²) in [5, 5.41) is 0. The van der Waals surface area contributed by atoms with Gasteiger partial charge >= 0.3 is 16.5 Å². The first-order valence-electron chi connectivity index (χ1n) is 58.3. The maximum Gasteiger partial charge on any atom is 2.00 e. The van der Waals surface area contributed by atoms with Crippen molar-refractivity contribution in [3.8, 4) is 0 Å². The van der Waals surface area contributed by atoms with Crippen molar-refractivity contribution in [1.29, 1.82) is 0 Å². The van der Waals surface area contributed by atoms with Crippen molar-refractivity contribution >= 4 is 35.7 Å². The molecular weight excluding hydrogens is 1590 g/mol. The molecule has 2 nitrogen and oxygen atoms in total. The van der Waals surface area contributed by atoms with Gasteiger partial charge < -0.3 is 19.4 Å². The third-order valence-electron chi connectivity index (χ3n) is 27.5. The van der Waals surface area contributed by atoms with Gasteiger partial charge in [-0.25, -0.2) is 4.70 Å². The van der Waals surface area contributed by atoms with Gasteiger partial charge in [0.05, 0.1) is 0 Å². The van der Waals surface area contributed by atoms with Crippen molar-refractivity contribution in [2.75, 3.05) is 0 Å². The second-order valence-electron chi connectivity index (χ2n) is 40.2. The van der Waals surface area contributed by atoms with E-state index in [0.29, 0.717) is 0 Å². The molecule has 0 amide bonds. The molecule has 0 atom stereocenters. The Labute approximate surface area is 815 Å². The van der Waals surface area contributed by atoms with Gasteiger partial charge in [-0.3, -0.25) is 0 Å². The fraction of sp³-hybridized carbons (Fsp3) is 0.792. The molecule has 1 aliphatic rings. The molecule has 0 spiro atoms. The van der Waals surface area contributed by atoms with Crippen molar-refractivity contribution in [2.45, 2.75) is 640 Å². The molecule has 744 valence electrons. The van der Waals surface area contributed by atoms with Crippen LogP contribution in [0.5, 0.6) is 0 Å². The van der Waals surface area contributed by atoms with E-state index in [2.05, 4.69) is 154 Å². The van der Waals surface area contributed by atoms with E-state index < -0.39 is 0 Å². The minimum Gasteiger partial charge on any atom is -0.493 e. The van der Waals surface area contributed by atoms with Gasteiger partial charge in [0.25, 0.3) is 0 Å². The maximum atomic E-state index is 13.0. The van der Waals surface area contributed by atoms with Crippen molar-refractivity contribution in [3.63, 3.8) is 0 Å². The van der Waals surface area contributed by atoms with Crippen LogP contribution in [0.4, 0.5) is 0 Å². The van der Waals surface area contributed by atoms with Crippen molar-refractivity contribution in [1.82, 2.24) is 0 Å². The zero-order valence-electron chi connectivity index (χ0n) is 88.1. The van der Waals surface area contributed by atoms with Gasteiger partial charge in [-0.05, 0) is 136 Å². The van der Waals surface area contributed by atoms with Gasteiger partial charge in [-0.2, -0.15) is 12.8 Å². The summed E-state index contributed by atoms with van der Waals surface area (Å²) in [6.07, 6.45) is 144. The molecule has 1 aliphatic heterocycles. The first kappa shape index (κ1) is 125. The van der Waals surface area contributed by atoms with Gasteiger partial charge in [-0.15, -0.1) is 0 Å². The minimum atomic E-state index is 0. The minimum absolute atomic E-state index is 0. The van der Waals surface area contributed by atoms with Gasteiger partial charge in [0, 0.05) is 22.3 Å². The molecule has 0 aromatic heterocycles. The molecule has 0 unspecified atom stereocenters. The number of unbranched alkanes of at least 4 members (excludes halogenated alkanes) is 81. The predicted octanol–water partition coefficient (Wildman–Crippen LogP) is 46.2. The summed E-state index contributed by atoms with van der Waals surface area (Å²) < 4.78 is 1.65. The van der Waals surface area contributed by atoms with Crippen LogP contribution in [0.3, 0.4) is 0 Å². The third kappa shape index (κ3) is 79.2. The van der Waals surface area contributed by atoms with E-state index >= 15 is 0 Å². The largest absolute Gasteiger partial charge is 2.00 e. The molecule has 0 radical (unpaired) electrons. The molecule has 2 aromatic carbocycles. The molecule has 0 N–H and O–H groups in total. The monoisotopic (exact) mass is 1810 g/mol. The molecule has 0 fully saturated rings. The van der Waals surface area contributed by atoms with Crippen LogP contribution in [-0.2, 0) is 16.5 Å². The van der Waals surface area contributed by atoms with E-state index in [0.717, 1.165) is 93.2 Å². The number of allylic oxidation sites excluding steroid dienone is 6. The Balaban J connectivity index is 0.00000247. The van der Waals surface area contributed by atoms with Crippen LogP contribution in [0.2, 0.25) is 0 Å². The summed E-state index contributed by atoms with van der Waals surface area (Å²) in [4.78, 5) is 0. The summed E-state index contributed by atoms with van der Waals surface area (Å²) >= 11 is 0. The average molecular weight is 1810 g/mol. The summed E-state index contributed by atoms with van der Waals surface area (Å²) in [6, 6.07) is 14.3. The Kier molecular flexibility index (Phi) is 100. The summed E-state index contributed by atoms with van der Waals surface area (Å²) in [5.41, 5.74) is 25.0. The van der Waals surface area contributed by atoms with Crippen LogP contribution >= 0.6 is 0 Å². The number of nitrogens with zero attached hydrogens (tertiary/aromatic N) is 2. The standard InChI is InChI=1S/C73H118N2.2C26H53.Ni/c1-7-13-19-23-27-31-35-39-43-48-52-64-58-65(53-49-44-40-36-32-28-24-20-14-8-2)61-68(60-64)72-70(56-18-12-6)71(57-47-17-11-5)73(75(72)74)69-62-66(54-50-45-41-37-33-29-25-21-15-9-3)59-67(63-69)55-51-46-42-38-34-30-26-22-16-10-4;2*1-3-5-7-9-11-13-15-17-19-21-23-25-26-24-22-20-18-16-14-12-10-8-6-4-2;/h48-55,58-63H,7-47,56-57H2,1-6H3;2*1,3-26H2,2H3;/q;2*-1;+2. The maximum absolute atomic E-state index is 13.0. The zero-order valence-corrected chi connectivity index (χ0v) is 89.0. The fourth-order valence-corrected chi connectivity index (χ4v) is 19.1. The molecule has 0 aliphatic carbocycles. The summed E-state index contributed by atoms with van der Waals surface area (Å²) in [6.45, 7) is 26.3. The Hall–Kier alpha value is -3.03. The average Bonchev–Trinajstić information content (AvgIpc) is 1.60. The van der Waals surface area contributed by atoms with Crippen molar-refractivity contribution < 1.29 is 21.2 Å². The third-order valence-corrected chi connectivity index (χ3v) is 27.5. The molecule has 3 heteroatoms. The molecule has 0 saturated carbocycles. The van der Waals surface area contributed by atoms with Crippen LogP contribution in [0.25, 0.3) is 41.2 Å². The van der Waals surface area contributed by atoms with E-state index in [1.807, 2.05) is 0 Å². The van der Waals surface area contributed by atoms with Crippen molar-refractivity contribution in [3.05, 3.63) is 125 Å². The van der Waals surface area contributed by atoms with Crippen LogP contribution in [-0.4, -0.2) is 4.70 Å². The van der Waals surface area contributed by atoms with Crippen LogP contribution < -0.4 is 0 Å². The van der Waals surface area contributed by atoms with E-state index in [1.54, 1.807) is 4.70 Å². The first-order chi connectivity index (χ1) is 62.8. The Morgan fingerprint density at radius 1 is 0.195 bits per heavy atom. The topological polar surface area (TPSA) is 25.3 Å². The fourth-order valence-electron chi connectivity index (χ4n) is 19.1. The second-order valence-corrected chi connectivity index (χ2v) is 40.2. The normalized spacial score (nSPS) is 12.4. The van der Waals surface area contributed by atoms with Gasteiger partial charge in [-0.1, -0.05) is 598 Å². The van der Waals surface area contributed by atoms with E-state index in [4.69, 9.17) is 0 Å². The van der Waals surface area contributed by atoms with Crippen LogP contribution in [0.1, 0.15) is 673 Å². The zero-order chi connectivity index (χ0) is 91.6. The first-order valence-corrected chi connectivity index (χ1v) is 58.3. The molecule has 128 heavy (non-hydrogen) atoms. The predicted molar refractivity (Wildman–Crippen MR) is 583 cm³/mol. The van der Waals surface area contributed by atoms with Gasteiger partial charge in [0.2, 0.25) is 11.4 Å². The Morgan fingerprint density at radius 3 is 0.516 bits per heavy atom. The molecule has 0 saturated heterocycles. The number of rotatable bonds is 95. The van der Waals surface area contributed by atoms with E-state index in [9.17, 15) is 5.53 Å². The van der Waals surface area contributed by atoms with Crippen LogP contribution in [0.15, 0.2) is 71.8 Å². The number of hydrogen-bond acceptors (Lipinski definition) is 0. The van der Waals surface area contributed by atoms with Gasteiger partial charge in [0.1, 0.15) is 0 Å². The summed E-state index contributed by atoms with van der Waals surface area (Å²) in [7, 11) is 0. The molecule has 1 heterocycles. The van der Waals surface area contributed by atoms with E-state index in [-0.39, 0.29) is 16.5 Å². The molecular formula is C125H224N2Ni. The smallest absolute Gasteiger partial charge is 0.493 e. The Bertz CT molecular complexity index is 2610. The molecule has 0 bridgehead atoms. The van der Waals surface area contributed by atoms with Crippen LogP contribution in [0, 0.1) is 13.8 Å². The SMILES string of the molecule is CCCCCCCCCCC=Cc1cc(C=CCCCCCCCCCC)cc(C2=C(CCCC)C(CCCCC)=C(c3cc(C=CCCCCCCCCCC)cc(C=CCCCCCCCCCC)c3)[N+]2=[N-])c1.[CH2-]CCCCCCCCCCCCCCCCCCCCCCCCC.[CH2-]CCCCCCCCCCCCCCCCCCCCCCCCC.[Ni+2]. The van der Waals surface area contributed by atoms with E-state index in [1.165, 1.54) is 547 Å².